The number of thioether (sulfide) groups is 1. The van der Waals surface area contributed by atoms with Crippen LogP contribution in [0.3, 0.4) is 0 Å². The third-order valence-electron chi connectivity index (χ3n) is 4.81. The Balaban J connectivity index is 1.66. The number of carbonyl (C=O) groups is 3. The minimum atomic E-state index is -1.04. The summed E-state index contributed by atoms with van der Waals surface area (Å²) in [7, 11) is 3.06. The predicted molar refractivity (Wildman–Crippen MR) is 104 cm³/mol. The van der Waals surface area contributed by atoms with Gasteiger partial charge < -0.3 is 24.8 Å². The van der Waals surface area contributed by atoms with Gasteiger partial charge in [-0.2, -0.15) is 0 Å². The Morgan fingerprint density at radius 1 is 1.25 bits per heavy atom. The molecule has 1 aromatic rings. The molecule has 0 spiro atoms. The van der Waals surface area contributed by atoms with Crippen LogP contribution in [0.25, 0.3) is 6.08 Å². The lowest BCUT2D eigenvalue weighted by Gasteiger charge is -2.43. The molecule has 8 nitrogen and oxygen atoms in total. The second-order valence-corrected chi connectivity index (χ2v) is 8.80. The number of nitrogens with zero attached hydrogens (tertiary/aromatic N) is 1. The molecule has 2 heterocycles. The van der Waals surface area contributed by atoms with E-state index in [9.17, 15) is 19.5 Å². The Labute approximate surface area is 166 Å². The van der Waals surface area contributed by atoms with Gasteiger partial charge in [0.15, 0.2) is 11.5 Å². The van der Waals surface area contributed by atoms with Crippen LogP contribution < -0.4 is 14.8 Å². The van der Waals surface area contributed by atoms with Crippen molar-refractivity contribution in [3.8, 4) is 11.5 Å². The smallest absolute Gasteiger partial charge is 0.327 e. The molecule has 150 valence electrons. The molecule has 2 amide bonds. The molecule has 0 aromatic heterocycles. The van der Waals surface area contributed by atoms with Crippen LogP contribution in [0, 0.1) is 0 Å². The van der Waals surface area contributed by atoms with Crippen molar-refractivity contribution in [1.82, 2.24) is 10.2 Å². The molecule has 0 radical (unpaired) electrons. The molecule has 2 aliphatic heterocycles. The topological polar surface area (TPSA) is 105 Å². The molecule has 0 saturated carbocycles. The average Bonchev–Trinajstić information content (AvgIpc) is 2.92. The summed E-state index contributed by atoms with van der Waals surface area (Å²) in [6, 6.07) is 3.61. The van der Waals surface area contributed by atoms with Crippen molar-refractivity contribution in [2.75, 3.05) is 14.2 Å². The van der Waals surface area contributed by atoms with Gasteiger partial charge in [-0.15, -0.1) is 11.8 Å². The zero-order chi connectivity index (χ0) is 20.6. The molecule has 2 fully saturated rings. The van der Waals surface area contributed by atoms with Crippen molar-refractivity contribution < 1.29 is 29.0 Å². The molecule has 2 N–H and O–H groups in total. The highest BCUT2D eigenvalue weighted by atomic mass is 32.2. The number of methoxy groups -OCH3 is 2. The highest BCUT2D eigenvalue weighted by molar-refractivity contribution is 8.01. The number of ether oxygens (including phenoxy) is 2. The highest BCUT2D eigenvalue weighted by Crippen LogP contribution is 2.50. The van der Waals surface area contributed by atoms with Crippen LogP contribution in [0.1, 0.15) is 19.4 Å². The lowest BCUT2D eigenvalue weighted by molar-refractivity contribution is -0.160. The molecular weight excluding hydrogens is 384 g/mol. The number of carbonyl (C=O) groups excluding carboxylic acids is 2. The molecule has 28 heavy (non-hydrogen) atoms. The zero-order valence-electron chi connectivity index (χ0n) is 16.0. The predicted octanol–water partition coefficient (Wildman–Crippen LogP) is 1.35. The molecule has 3 rings (SSSR count). The second-order valence-electron chi connectivity index (χ2n) is 7.03. The van der Waals surface area contributed by atoms with Crippen molar-refractivity contribution in [2.45, 2.75) is 36.1 Å². The van der Waals surface area contributed by atoms with Crippen LogP contribution in [0.15, 0.2) is 24.3 Å². The number of β-lactam (4-membered cyclic amide) rings is 1. The van der Waals surface area contributed by atoms with E-state index in [1.54, 1.807) is 38.1 Å². The number of nitrogens with one attached hydrogen (secondary N) is 1. The molecule has 9 heteroatoms. The van der Waals surface area contributed by atoms with Crippen LogP contribution >= 0.6 is 11.8 Å². The molecule has 3 atom stereocenters. The summed E-state index contributed by atoms with van der Waals surface area (Å²) in [6.45, 7) is 3.58. The summed E-state index contributed by atoms with van der Waals surface area (Å²) in [4.78, 5) is 37.5. The first kappa shape index (κ1) is 20.1. The summed E-state index contributed by atoms with van der Waals surface area (Å²) in [5, 5.41) is 11.7. The van der Waals surface area contributed by atoms with E-state index < -0.39 is 28.7 Å². The Hall–Kier alpha value is -2.68. The van der Waals surface area contributed by atoms with Crippen molar-refractivity contribution in [3.63, 3.8) is 0 Å². The van der Waals surface area contributed by atoms with E-state index in [0.29, 0.717) is 11.5 Å². The van der Waals surface area contributed by atoms with Crippen LogP contribution in [-0.2, 0) is 14.4 Å². The summed E-state index contributed by atoms with van der Waals surface area (Å²) < 4.78 is 9.77. The summed E-state index contributed by atoms with van der Waals surface area (Å²) >= 11 is 1.39. The highest BCUT2D eigenvalue weighted by Gasteiger charge is 2.64. The van der Waals surface area contributed by atoms with Crippen molar-refractivity contribution in [3.05, 3.63) is 29.8 Å². The van der Waals surface area contributed by atoms with Crippen molar-refractivity contribution in [1.29, 1.82) is 0 Å². The fourth-order valence-electron chi connectivity index (χ4n) is 3.48. The van der Waals surface area contributed by atoms with Gasteiger partial charge in [0.1, 0.15) is 17.5 Å². The van der Waals surface area contributed by atoms with Crippen molar-refractivity contribution >= 4 is 35.6 Å². The maximum Gasteiger partial charge on any atom is 0.327 e. The largest absolute Gasteiger partial charge is 0.493 e. The third kappa shape index (κ3) is 3.42. The number of carboxylic acids is 1. The number of hydrogen-bond donors (Lipinski definition) is 2. The Kier molecular flexibility index (Phi) is 5.29. The molecule has 0 unspecified atom stereocenters. The number of rotatable bonds is 6. The summed E-state index contributed by atoms with van der Waals surface area (Å²) in [5.74, 6) is -0.711. The number of fused-ring (bicyclic) bond motifs is 1. The number of hydrogen-bond acceptors (Lipinski definition) is 6. The van der Waals surface area contributed by atoms with Gasteiger partial charge >= 0.3 is 5.97 Å². The minimum absolute atomic E-state index is 0.372. The van der Waals surface area contributed by atoms with Crippen LogP contribution in [0.2, 0.25) is 0 Å². The van der Waals surface area contributed by atoms with E-state index in [-0.39, 0.29) is 11.3 Å². The standard InChI is InChI=1S/C19H22N2O6S/c1-19(2)15(18(24)25)21-16(23)14(17(21)28-19)20-13(22)8-6-10-5-7-11(26-3)12(9-10)27-4/h5-9,14-15,17H,1-4H3,(H,20,22)(H,24,25)/b8-6-/t14-,15+,17+/m1/s1. The fraction of sp³-hybridized carbons (Fsp3) is 0.421. The Bertz CT molecular complexity index is 853. The minimum Gasteiger partial charge on any atom is -0.493 e. The van der Waals surface area contributed by atoms with E-state index in [0.717, 1.165) is 5.56 Å². The number of amides is 2. The summed E-state index contributed by atoms with van der Waals surface area (Å²) in [5.41, 5.74) is 0.733. The Morgan fingerprint density at radius 3 is 2.54 bits per heavy atom. The third-order valence-corrected chi connectivity index (χ3v) is 6.38. The van der Waals surface area contributed by atoms with E-state index >= 15 is 0 Å². The first-order valence-electron chi connectivity index (χ1n) is 8.63. The van der Waals surface area contributed by atoms with Crippen LogP contribution in [-0.4, -0.2) is 64.2 Å². The van der Waals surface area contributed by atoms with Gasteiger partial charge in [0.05, 0.1) is 14.2 Å². The number of carboxylic acid groups (broad SMARTS) is 1. The normalized spacial score (nSPS) is 25.2. The van der Waals surface area contributed by atoms with Crippen LogP contribution in [0.4, 0.5) is 0 Å². The molecule has 2 aliphatic rings. The van der Waals surface area contributed by atoms with Gasteiger partial charge in [0.25, 0.3) is 0 Å². The number of aliphatic carboxylic acids is 1. The SMILES string of the molecule is COc1ccc(/C=C\C(=O)N[C@@H]2C(=O)N3[C@@H](C(=O)O)C(C)(C)S[C@@H]23)cc1OC. The van der Waals surface area contributed by atoms with Crippen LogP contribution in [0.5, 0.6) is 11.5 Å². The van der Waals surface area contributed by atoms with Gasteiger partial charge in [-0.1, -0.05) is 6.07 Å². The molecule has 1 aromatic carbocycles. The van der Waals surface area contributed by atoms with E-state index in [1.807, 2.05) is 0 Å². The Morgan fingerprint density at radius 2 is 1.93 bits per heavy atom. The zero-order valence-corrected chi connectivity index (χ0v) is 16.8. The number of benzene rings is 1. The lowest BCUT2D eigenvalue weighted by atomic mass is 9.96. The maximum absolute atomic E-state index is 12.4. The first-order valence-corrected chi connectivity index (χ1v) is 9.51. The quantitative estimate of drug-likeness (QED) is 0.543. The molecule has 2 saturated heterocycles. The monoisotopic (exact) mass is 406 g/mol. The lowest BCUT2D eigenvalue weighted by Crippen LogP contribution is -2.70. The fourth-order valence-corrected chi connectivity index (χ4v) is 5.10. The second kappa shape index (κ2) is 7.38. The van der Waals surface area contributed by atoms with Gasteiger partial charge in [0.2, 0.25) is 11.8 Å². The average molecular weight is 406 g/mol. The molecule has 0 bridgehead atoms. The van der Waals surface area contributed by atoms with Crippen molar-refractivity contribution in [2.24, 2.45) is 0 Å². The first-order chi connectivity index (χ1) is 13.2. The van der Waals surface area contributed by atoms with Gasteiger partial charge in [-0.3, -0.25) is 9.59 Å². The van der Waals surface area contributed by atoms with E-state index in [4.69, 9.17) is 9.47 Å². The van der Waals surface area contributed by atoms with Gasteiger partial charge in [0, 0.05) is 10.8 Å². The van der Waals surface area contributed by atoms with Gasteiger partial charge in [-0.05, 0) is 37.6 Å². The molecular formula is C19H22N2O6S. The van der Waals surface area contributed by atoms with Gasteiger partial charge in [-0.25, -0.2) is 4.79 Å². The van der Waals surface area contributed by atoms with E-state index in [2.05, 4.69) is 5.32 Å². The molecule has 0 aliphatic carbocycles. The summed E-state index contributed by atoms with van der Waals surface area (Å²) in [6.07, 6.45) is 2.93. The van der Waals surface area contributed by atoms with E-state index in [1.165, 1.54) is 37.0 Å². The maximum atomic E-state index is 12.4.